The molecule has 5 atom stereocenters. The minimum Gasteiger partial charge on any atom is -0.489 e. The molecule has 6 amide bonds. The quantitative estimate of drug-likeness (QED) is 0.0150. The number of aliphatic imine (C=N–C) groups is 1. The number of halogens is 2. The van der Waals surface area contributed by atoms with Gasteiger partial charge in [-0.2, -0.15) is 0 Å². The van der Waals surface area contributed by atoms with Gasteiger partial charge >= 0.3 is 5.63 Å². The first-order valence-corrected chi connectivity index (χ1v) is 27.1. The Kier molecular flexibility index (Phi) is 20.0. The average molecular weight is 1150 g/mol. The van der Waals surface area contributed by atoms with E-state index in [2.05, 4.69) is 41.9 Å². The molecule has 8 rings (SSSR count). The van der Waals surface area contributed by atoms with Crippen molar-refractivity contribution in [3.05, 3.63) is 188 Å². The Balaban J connectivity index is 1.06. The molecule has 7 aromatic rings. The monoisotopic (exact) mass is 1150 g/mol. The predicted octanol–water partition coefficient (Wildman–Crippen LogP) is 4.99. The van der Waals surface area contributed by atoms with Gasteiger partial charge in [0.1, 0.15) is 42.1 Å². The minimum absolute atomic E-state index is 0.0106. The van der Waals surface area contributed by atoms with Crippen molar-refractivity contribution in [3.8, 4) is 5.75 Å². The number of nitrogens with one attached hydrogen (secondary N) is 6. The number of fused-ring (bicyclic) bond motifs is 2. The van der Waals surface area contributed by atoms with Gasteiger partial charge in [-0.15, -0.1) is 0 Å². The molecule has 0 radical (unpaired) electrons. The summed E-state index contributed by atoms with van der Waals surface area (Å²) in [4.78, 5) is 105. The summed E-state index contributed by atoms with van der Waals surface area (Å²) in [5, 5.41) is 18.9. The van der Waals surface area contributed by atoms with Crippen molar-refractivity contribution in [1.82, 2.24) is 30.8 Å². The SMILES string of the molecule is CC(=O)N[C@@H](Cc1ccc(OCc2c(Cl)cccc2Cl)cc1)C(=O)N[C@@H](CC1CNc2ccccc21)C(=O)N[C@@H](Cc1cn(Cc2ccccc2)cn1)C(=O)N[C@@H](CCCN=C(N)N)C(=O)Nc1ccc2c(CC(N)=O)cc(=O)oc2c1. The summed E-state index contributed by atoms with van der Waals surface area (Å²) in [5.41, 5.74) is 21.0. The molecule has 0 bridgehead atoms. The molecule has 0 aliphatic carbocycles. The van der Waals surface area contributed by atoms with E-state index in [9.17, 15) is 28.8 Å². The molecule has 5 aromatic carbocycles. The number of hydrogen-bond donors (Lipinski definition) is 9. The number of imidazole rings is 1. The van der Waals surface area contributed by atoms with Crippen LogP contribution in [0.15, 0.2) is 148 Å². The molecule has 0 fully saturated rings. The summed E-state index contributed by atoms with van der Waals surface area (Å²) in [6.45, 7) is 2.38. The normalized spacial score (nSPS) is 14.0. The van der Waals surface area contributed by atoms with Crippen LogP contribution in [0.25, 0.3) is 11.0 Å². The van der Waals surface area contributed by atoms with Gasteiger partial charge in [-0.3, -0.25) is 33.8 Å². The zero-order valence-electron chi connectivity index (χ0n) is 44.7. The first-order valence-electron chi connectivity index (χ1n) is 26.4. The lowest BCUT2D eigenvalue weighted by Crippen LogP contribution is -2.59. The molecule has 1 aliphatic rings. The topological polar surface area (TPSA) is 322 Å². The fourth-order valence-corrected chi connectivity index (χ4v) is 10.1. The molecular weight excluding hydrogens is 1090 g/mol. The van der Waals surface area contributed by atoms with Gasteiger partial charge in [0.25, 0.3) is 0 Å². The summed E-state index contributed by atoms with van der Waals surface area (Å²) in [6.07, 6.45) is 3.29. The van der Waals surface area contributed by atoms with E-state index < -0.39 is 65.2 Å². The van der Waals surface area contributed by atoms with Gasteiger partial charge in [0.2, 0.25) is 35.4 Å². The van der Waals surface area contributed by atoms with Crippen LogP contribution in [0.1, 0.15) is 65.6 Å². The molecule has 1 aliphatic heterocycles. The number of carbonyl (C=O) groups excluding carboxylic acids is 6. The van der Waals surface area contributed by atoms with Gasteiger partial charge < -0.3 is 62.8 Å². The summed E-state index contributed by atoms with van der Waals surface area (Å²) in [7, 11) is 0. The van der Waals surface area contributed by atoms with Crippen molar-refractivity contribution >= 4 is 86.9 Å². The number of hydrogen-bond acceptors (Lipinski definition) is 12. The van der Waals surface area contributed by atoms with Crippen LogP contribution in [0.2, 0.25) is 10.0 Å². The lowest BCUT2D eigenvalue weighted by molar-refractivity contribution is -0.134. The molecule has 21 nitrogen and oxygen atoms in total. The van der Waals surface area contributed by atoms with Crippen LogP contribution in [-0.2, 0) is 61.2 Å². The molecule has 12 N–H and O–H groups in total. The molecule has 1 unspecified atom stereocenters. The van der Waals surface area contributed by atoms with Crippen molar-refractivity contribution < 1.29 is 37.9 Å². The number of benzene rings is 5. The Morgan fingerprint density at radius 2 is 1.45 bits per heavy atom. The maximum absolute atomic E-state index is 15.1. The van der Waals surface area contributed by atoms with Crippen molar-refractivity contribution in [1.29, 1.82) is 0 Å². The number of rotatable bonds is 26. The Labute approximate surface area is 481 Å². The third kappa shape index (κ3) is 16.4. The molecule has 82 heavy (non-hydrogen) atoms. The number of anilines is 2. The number of para-hydroxylation sites is 1. The van der Waals surface area contributed by atoms with Gasteiger partial charge in [0.05, 0.1) is 18.4 Å². The van der Waals surface area contributed by atoms with Crippen molar-refractivity contribution in [2.75, 3.05) is 23.7 Å². The number of amides is 6. The fourth-order valence-electron chi connectivity index (χ4n) is 9.59. The van der Waals surface area contributed by atoms with Crippen LogP contribution in [-0.4, -0.2) is 88.2 Å². The van der Waals surface area contributed by atoms with E-state index in [1.807, 2.05) is 59.2 Å². The predicted molar refractivity (Wildman–Crippen MR) is 312 cm³/mol. The maximum Gasteiger partial charge on any atom is 0.336 e. The largest absolute Gasteiger partial charge is 0.489 e. The average Bonchev–Trinajstić information content (AvgIpc) is 4.14. The lowest BCUT2D eigenvalue weighted by atomic mass is 9.93. The van der Waals surface area contributed by atoms with Crippen LogP contribution < -0.4 is 59.5 Å². The molecule has 0 spiro atoms. The third-order valence-corrected chi connectivity index (χ3v) is 14.3. The number of ether oxygens (including phenoxy) is 1. The smallest absolute Gasteiger partial charge is 0.336 e. The van der Waals surface area contributed by atoms with E-state index in [-0.39, 0.29) is 74.8 Å². The Bertz CT molecular complexity index is 3520. The molecular formula is C59H62Cl2N12O9. The summed E-state index contributed by atoms with van der Waals surface area (Å²) in [6, 6.07) is 29.9. The summed E-state index contributed by atoms with van der Waals surface area (Å²) >= 11 is 12.7. The van der Waals surface area contributed by atoms with Crippen LogP contribution in [0.5, 0.6) is 5.75 Å². The molecule has 426 valence electrons. The van der Waals surface area contributed by atoms with Gasteiger partial charge in [0.15, 0.2) is 5.96 Å². The Morgan fingerprint density at radius 3 is 2.17 bits per heavy atom. The zero-order valence-corrected chi connectivity index (χ0v) is 46.2. The lowest BCUT2D eigenvalue weighted by Gasteiger charge is -2.27. The second-order valence-electron chi connectivity index (χ2n) is 19.8. The molecule has 0 saturated carbocycles. The van der Waals surface area contributed by atoms with Gasteiger partial charge in [-0.05, 0) is 84.0 Å². The van der Waals surface area contributed by atoms with Gasteiger partial charge in [0, 0.05) is 96.0 Å². The second-order valence-corrected chi connectivity index (χ2v) is 20.6. The number of nitrogens with two attached hydrogens (primary N) is 3. The van der Waals surface area contributed by atoms with E-state index >= 15 is 4.79 Å². The molecule has 2 aromatic heterocycles. The van der Waals surface area contributed by atoms with Crippen LogP contribution in [0.3, 0.4) is 0 Å². The standard InChI is InChI=1S/C59H62Cl2N12O9/c1-34(74)68-49(23-35-16-19-41(20-17-35)81-32-44-45(60)12-7-13-46(44)61)56(78)71-50(24-38-29-66-47-14-6-5-11-42(38)47)57(79)72-51(27-40-31-73(33-67-40)30-36-9-3-2-4-10-36)58(80)70-48(15-8-22-65-59(63)64)55(77)69-39-18-21-43-37(25-53(62)75)26-54(76)82-52(43)28-39/h2-7,9-14,16-21,26,28,31,33,38,48-51,66H,8,15,22-25,27,29-30,32H2,1H3,(H2,62,75)(H,68,74)(H,69,77)(H,70,80)(H,71,78)(H,72,79)(H4,63,64,65)/t38?,48-,49-,50-,51-/m0/s1. The number of aromatic nitrogens is 2. The van der Waals surface area contributed by atoms with Crippen molar-refractivity contribution in [3.63, 3.8) is 0 Å². The van der Waals surface area contributed by atoms with E-state index in [1.165, 1.54) is 25.1 Å². The highest BCUT2D eigenvalue weighted by Gasteiger charge is 2.35. The number of nitrogens with zero attached hydrogens (tertiary/aromatic N) is 3. The first kappa shape index (κ1) is 58.9. The number of carbonyl (C=O) groups is 6. The first-order chi connectivity index (χ1) is 39.4. The zero-order chi connectivity index (χ0) is 58.3. The van der Waals surface area contributed by atoms with Gasteiger partial charge in [-0.25, -0.2) is 9.78 Å². The molecule has 3 heterocycles. The van der Waals surface area contributed by atoms with E-state index in [0.717, 1.165) is 16.8 Å². The highest BCUT2D eigenvalue weighted by molar-refractivity contribution is 6.36. The van der Waals surface area contributed by atoms with Crippen LogP contribution >= 0.6 is 23.2 Å². The van der Waals surface area contributed by atoms with Gasteiger partial charge in [-0.1, -0.05) is 89.9 Å². The second kappa shape index (κ2) is 27.8. The summed E-state index contributed by atoms with van der Waals surface area (Å²) < 4.78 is 13.2. The minimum atomic E-state index is -1.39. The van der Waals surface area contributed by atoms with Crippen molar-refractivity contribution in [2.45, 2.75) is 88.7 Å². The Morgan fingerprint density at radius 1 is 0.768 bits per heavy atom. The fraction of sp³-hybridized carbons (Fsp3) is 0.271. The van der Waals surface area contributed by atoms with Crippen molar-refractivity contribution in [2.24, 2.45) is 22.2 Å². The van der Waals surface area contributed by atoms with E-state index in [4.69, 9.17) is 49.6 Å². The van der Waals surface area contributed by atoms with E-state index in [1.54, 1.807) is 61.1 Å². The number of guanidine groups is 1. The third-order valence-electron chi connectivity index (χ3n) is 13.6. The maximum atomic E-state index is 15.1. The molecule has 0 saturated heterocycles. The van der Waals surface area contributed by atoms with E-state index in [0.29, 0.717) is 56.7 Å². The van der Waals surface area contributed by atoms with Crippen LogP contribution in [0.4, 0.5) is 11.4 Å². The van der Waals surface area contributed by atoms with Crippen LogP contribution in [0, 0.1) is 0 Å². The number of primary amides is 1. The highest BCUT2D eigenvalue weighted by Crippen LogP contribution is 2.34. The molecule has 23 heteroatoms. The summed E-state index contributed by atoms with van der Waals surface area (Å²) in [5.74, 6) is -3.96. The highest BCUT2D eigenvalue weighted by atomic mass is 35.5. The Hall–Kier alpha value is -9.21.